The molecule has 32 heavy (non-hydrogen) atoms. The summed E-state index contributed by atoms with van der Waals surface area (Å²) < 4.78 is 5.17. The Bertz CT molecular complexity index is 1310. The SMILES string of the molecule is COc1ccc(NC(=O)[C@H](C)N2C(=O)c3ccccc3[C@@H]2c2c[nH]c3ccccc23)cc1. The predicted octanol–water partition coefficient (Wildman–Crippen LogP) is 4.75. The number of nitrogens with one attached hydrogen (secondary N) is 2. The van der Waals surface area contributed by atoms with Gasteiger partial charge in [-0.1, -0.05) is 36.4 Å². The van der Waals surface area contributed by atoms with Crippen molar-refractivity contribution in [3.8, 4) is 5.75 Å². The van der Waals surface area contributed by atoms with E-state index in [-0.39, 0.29) is 17.9 Å². The lowest BCUT2D eigenvalue weighted by Gasteiger charge is -2.30. The highest BCUT2D eigenvalue weighted by molar-refractivity contribution is 6.05. The summed E-state index contributed by atoms with van der Waals surface area (Å²) in [6.45, 7) is 1.77. The maximum atomic E-state index is 13.4. The van der Waals surface area contributed by atoms with E-state index in [1.807, 2.05) is 54.7 Å². The number of anilines is 1. The molecule has 0 unspecified atom stereocenters. The number of hydrogen-bond donors (Lipinski definition) is 2. The molecule has 4 aromatic rings. The van der Waals surface area contributed by atoms with Gasteiger partial charge < -0.3 is 19.9 Å². The number of aromatic nitrogens is 1. The Hall–Kier alpha value is -4.06. The van der Waals surface area contributed by atoms with Crippen LogP contribution in [0.15, 0.2) is 79.0 Å². The van der Waals surface area contributed by atoms with Crippen molar-refractivity contribution in [1.82, 2.24) is 9.88 Å². The number of aromatic amines is 1. The van der Waals surface area contributed by atoms with E-state index in [2.05, 4.69) is 10.3 Å². The third kappa shape index (κ3) is 3.21. The number of rotatable bonds is 5. The molecule has 0 saturated carbocycles. The Kier molecular flexibility index (Phi) is 4.90. The van der Waals surface area contributed by atoms with Gasteiger partial charge in [0, 0.05) is 33.9 Å². The molecular formula is C26H23N3O3. The first-order valence-corrected chi connectivity index (χ1v) is 10.5. The lowest BCUT2D eigenvalue weighted by Crippen LogP contribution is -2.44. The first-order valence-electron chi connectivity index (χ1n) is 10.5. The minimum atomic E-state index is -0.685. The predicted molar refractivity (Wildman–Crippen MR) is 124 cm³/mol. The van der Waals surface area contributed by atoms with E-state index >= 15 is 0 Å². The van der Waals surface area contributed by atoms with Crippen molar-refractivity contribution >= 4 is 28.4 Å². The topological polar surface area (TPSA) is 74.4 Å². The summed E-state index contributed by atoms with van der Waals surface area (Å²) in [5, 5.41) is 3.96. The molecule has 2 atom stereocenters. The second-order valence-electron chi connectivity index (χ2n) is 7.89. The van der Waals surface area contributed by atoms with Crippen LogP contribution < -0.4 is 10.1 Å². The normalized spacial score (nSPS) is 16.1. The maximum absolute atomic E-state index is 13.4. The zero-order valence-electron chi connectivity index (χ0n) is 17.8. The lowest BCUT2D eigenvalue weighted by molar-refractivity contribution is -0.120. The van der Waals surface area contributed by atoms with E-state index in [4.69, 9.17) is 4.74 Å². The highest BCUT2D eigenvalue weighted by Gasteiger charge is 2.43. The summed E-state index contributed by atoms with van der Waals surface area (Å²) >= 11 is 0. The fraction of sp³-hybridized carbons (Fsp3) is 0.154. The van der Waals surface area contributed by atoms with Gasteiger partial charge in [0.25, 0.3) is 5.91 Å². The van der Waals surface area contributed by atoms with Gasteiger partial charge in [0.1, 0.15) is 11.8 Å². The van der Waals surface area contributed by atoms with E-state index < -0.39 is 6.04 Å². The van der Waals surface area contributed by atoms with Gasteiger partial charge in [0.15, 0.2) is 0 Å². The molecule has 6 heteroatoms. The first kappa shape index (κ1) is 19.9. The van der Waals surface area contributed by atoms with Crippen molar-refractivity contribution in [2.75, 3.05) is 12.4 Å². The Balaban J connectivity index is 1.52. The molecule has 5 rings (SSSR count). The van der Waals surface area contributed by atoms with Crippen LogP contribution in [0.5, 0.6) is 5.75 Å². The standard InChI is InChI=1S/C26H23N3O3/c1-16(25(30)28-17-11-13-18(32-2)14-12-17)29-24(20-8-3-4-9-21(20)26(29)31)22-15-27-23-10-6-5-7-19(22)23/h3-16,24,27H,1-2H3,(H,28,30)/t16-,24+/m0/s1. The molecule has 1 aromatic heterocycles. The average Bonchev–Trinajstić information content (AvgIpc) is 3.38. The van der Waals surface area contributed by atoms with Crippen LogP contribution in [0.25, 0.3) is 10.9 Å². The molecule has 2 N–H and O–H groups in total. The molecule has 6 nitrogen and oxygen atoms in total. The molecule has 1 aliphatic heterocycles. The van der Waals surface area contributed by atoms with Crippen LogP contribution in [0.4, 0.5) is 5.69 Å². The van der Waals surface area contributed by atoms with Crippen molar-refractivity contribution in [3.05, 3.63) is 95.7 Å². The number of ether oxygens (including phenoxy) is 1. The Labute approximate surface area is 185 Å². The minimum absolute atomic E-state index is 0.145. The fourth-order valence-electron chi connectivity index (χ4n) is 4.42. The number of hydrogen-bond acceptors (Lipinski definition) is 3. The number of H-pyrrole nitrogens is 1. The van der Waals surface area contributed by atoms with Crippen molar-refractivity contribution in [1.29, 1.82) is 0 Å². The second kappa shape index (κ2) is 7.89. The molecule has 160 valence electrons. The number of carbonyl (C=O) groups is 2. The monoisotopic (exact) mass is 425 g/mol. The largest absolute Gasteiger partial charge is 0.497 e. The first-order chi connectivity index (χ1) is 15.6. The molecule has 0 saturated heterocycles. The smallest absolute Gasteiger partial charge is 0.255 e. The summed E-state index contributed by atoms with van der Waals surface area (Å²) in [7, 11) is 1.59. The molecule has 0 bridgehead atoms. The number of carbonyl (C=O) groups excluding carboxylic acids is 2. The Morgan fingerprint density at radius 1 is 1.00 bits per heavy atom. The number of methoxy groups -OCH3 is 1. The molecule has 0 radical (unpaired) electrons. The van der Waals surface area contributed by atoms with E-state index in [0.29, 0.717) is 17.0 Å². The molecule has 0 spiro atoms. The highest BCUT2D eigenvalue weighted by Crippen LogP contribution is 2.42. The van der Waals surface area contributed by atoms with Crippen LogP contribution in [0.1, 0.15) is 34.5 Å². The van der Waals surface area contributed by atoms with Crippen molar-refractivity contribution in [3.63, 3.8) is 0 Å². The number of nitrogens with zero attached hydrogens (tertiary/aromatic N) is 1. The van der Waals surface area contributed by atoms with E-state index in [9.17, 15) is 9.59 Å². The van der Waals surface area contributed by atoms with Crippen LogP contribution >= 0.6 is 0 Å². The minimum Gasteiger partial charge on any atom is -0.497 e. The van der Waals surface area contributed by atoms with Crippen LogP contribution in [-0.2, 0) is 4.79 Å². The summed E-state index contributed by atoms with van der Waals surface area (Å²) in [4.78, 5) is 31.6. The van der Waals surface area contributed by atoms with Gasteiger partial charge >= 0.3 is 0 Å². The summed E-state index contributed by atoms with van der Waals surface area (Å²) in [6, 6.07) is 21.7. The highest BCUT2D eigenvalue weighted by atomic mass is 16.5. The van der Waals surface area contributed by atoms with Crippen LogP contribution in [-0.4, -0.2) is 34.8 Å². The summed E-state index contributed by atoms with van der Waals surface area (Å²) in [6.07, 6.45) is 1.94. The third-order valence-corrected chi connectivity index (χ3v) is 6.07. The second-order valence-corrected chi connectivity index (χ2v) is 7.89. The maximum Gasteiger partial charge on any atom is 0.255 e. The Morgan fingerprint density at radius 3 is 2.50 bits per heavy atom. The van der Waals surface area contributed by atoms with Gasteiger partial charge in [-0.25, -0.2) is 0 Å². The van der Waals surface area contributed by atoms with Crippen LogP contribution in [0.3, 0.4) is 0 Å². The van der Waals surface area contributed by atoms with Gasteiger partial charge in [-0.2, -0.15) is 0 Å². The lowest BCUT2D eigenvalue weighted by atomic mass is 9.97. The van der Waals surface area contributed by atoms with Gasteiger partial charge in [-0.05, 0) is 48.9 Å². The zero-order chi connectivity index (χ0) is 22.2. The van der Waals surface area contributed by atoms with E-state index in [1.165, 1.54) is 0 Å². The van der Waals surface area contributed by atoms with Gasteiger partial charge in [-0.3, -0.25) is 9.59 Å². The van der Waals surface area contributed by atoms with Gasteiger partial charge in [-0.15, -0.1) is 0 Å². The molecule has 2 heterocycles. The third-order valence-electron chi connectivity index (χ3n) is 6.07. The summed E-state index contributed by atoms with van der Waals surface area (Å²) in [5.74, 6) is 0.315. The van der Waals surface area contributed by atoms with Crippen molar-refractivity contribution in [2.24, 2.45) is 0 Å². The summed E-state index contributed by atoms with van der Waals surface area (Å²) in [5.41, 5.74) is 4.16. The van der Waals surface area contributed by atoms with Crippen LogP contribution in [0, 0.1) is 0 Å². The molecule has 0 fully saturated rings. The molecular weight excluding hydrogens is 402 g/mol. The number of para-hydroxylation sites is 1. The molecule has 3 aromatic carbocycles. The molecule has 0 aliphatic carbocycles. The number of amides is 2. The Morgan fingerprint density at radius 2 is 1.72 bits per heavy atom. The molecule has 1 aliphatic rings. The van der Waals surface area contributed by atoms with E-state index in [0.717, 1.165) is 22.0 Å². The average molecular weight is 425 g/mol. The molecule has 2 amide bonds. The van der Waals surface area contributed by atoms with Gasteiger partial charge in [0.2, 0.25) is 5.91 Å². The number of fused-ring (bicyclic) bond motifs is 2. The fourth-order valence-corrected chi connectivity index (χ4v) is 4.42. The number of benzene rings is 3. The zero-order valence-corrected chi connectivity index (χ0v) is 17.8. The van der Waals surface area contributed by atoms with Crippen molar-refractivity contribution < 1.29 is 14.3 Å². The van der Waals surface area contributed by atoms with Crippen molar-refractivity contribution in [2.45, 2.75) is 19.0 Å². The van der Waals surface area contributed by atoms with Crippen LogP contribution in [0.2, 0.25) is 0 Å². The quantitative estimate of drug-likeness (QED) is 0.485. The van der Waals surface area contributed by atoms with E-state index in [1.54, 1.807) is 43.2 Å². The van der Waals surface area contributed by atoms with Gasteiger partial charge in [0.05, 0.1) is 13.2 Å².